The molecule has 0 fully saturated rings. The van der Waals surface area contributed by atoms with Gasteiger partial charge < -0.3 is 4.90 Å². The molecule has 1 N–H and O–H groups in total. The van der Waals surface area contributed by atoms with Crippen molar-refractivity contribution in [2.75, 3.05) is 14.1 Å². The SMILES string of the molecule is CNS(=O)(=O)c1ccc(C)c(C(=O)N(C)Cc2ccccc2)c1. The summed E-state index contributed by atoms with van der Waals surface area (Å²) in [5.41, 5.74) is 2.14. The standard InChI is InChI=1S/C17H20N2O3S/c1-13-9-10-15(23(21,22)18-2)11-16(13)17(20)19(3)12-14-7-5-4-6-8-14/h4-11,18H,12H2,1-3H3. The first kappa shape index (κ1) is 17.2. The quantitative estimate of drug-likeness (QED) is 0.912. The number of sulfonamides is 1. The maximum atomic E-state index is 12.6. The van der Waals surface area contributed by atoms with E-state index < -0.39 is 10.0 Å². The maximum absolute atomic E-state index is 12.6. The van der Waals surface area contributed by atoms with Gasteiger partial charge >= 0.3 is 0 Å². The molecule has 0 radical (unpaired) electrons. The highest BCUT2D eigenvalue weighted by Crippen LogP contribution is 2.18. The number of amides is 1. The van der Waals surface area contributed by atoms with E-state index in [4.69, 9.17) is 0 Å². The zero-order chi connectivity index (χ0) is 17.0. The summed E-state index contributed by atoms with van der Waals surface area (Å²) in [7, 11) is -0.528. The Morgan fingerprint density at radius 1 is 1.13 bits per heavy atom. The second-order valence-electron chi connectivity index (χ2n) is 5.33. The van der Waals surface area contributed by atoms with Crippen molar-refractivity contribution in [3.05, 3.63) is 65.2 Å². The van der Waals surface area contributed by atoms with Crippen LogP contribution in [0.4, 0.5) is 0 Å². The minimum atomic E-state index is -3.58. The maximum Gasteiger partial charge on any atom is 0.254 e. The van der Waals surface area contributed by atoms with Crippen LogP contribution in [0.2, 0.25) is 0 Å². The van der Waals surface area contributed by atoms with Crippen LogP contribution in [-0.4, -0.2) is 33.3 Å². The van der Waals surface area contributed by atoms with Gasteiger partial charge in [0.25, 0.3) is 5.91 Å². The highest BCUT2D eigenvalue weighted by atomic mass is 32.2. The molecule has 2 aromatic carbocycles. The summed E-state index contributed by atoms with van der Waals surface area (Å²) in [5.74, 6) is -0.209. The third-order valence-corrected chi connectivity index (χ3v) is 5.04. The molecule has 23 heavy (non-hydrogen) atoms. The van der Waals surface area contributed by atoms with Crippen LogP contribution in [0.25, 0.3) is 0 Å². The fourth-order valence-corrected chi connectivity index (χ4v) is 3.01. The van der Waals surface area contributed by atoms with Crippen LogP contribution < -0.4 is 4.72 Å². The van der Waals surface area contributed by atoms with E-state index in [1.54, 1.807) is 24.9 Å². The van der Waals surface area contributed by atoms with Gasteiger partial charge in [0, 0.05) is 19.2 Å². The third-order valence-electron chi connectivity index (χ3n) is 3.63. The molecule has 1 amide bonds. The van der Waals surface area contributed by atoms with Crippen molar-refractivity contribution in [3.8, 4) is 0 Å². The minimum absolute atomic E-state index is 0.0852. The molecule has 0 spiro atoms. The number of rotatable bonds is 5. The predicted molar refractivity (Wildman–Crippen MR) is 89.7 cm³/mol. The Morgan fingerprint density at radius 3 is 2.39 bits per heavy atom. The molecular weight excluding hydrogens is 312 g/mol. The van der Waals surface area contributed by atoms with Crippen LogP contribution in [-0.2, 0) is 16.6 Å². The van der Waals surface area contributed by atoms with E-state index in [9.17, 15) is 13.2 Å². The van der Waals surface area contributed by atoms with Crippen molar-refractivity contribution < 1.29 is 13.2 Å². The van der Waals surface area contributed by atoms with Gasteiger partial charge in [-0.05, 0) is 37.2 Å². The van der Waals surface area contributed by atoms with E-state index in [1.165, 1.54) is 19.2 Å². The second-order valence-corrected chi connectivity index (χ2v) is 7.22. The summed E-state index contributed by atoms with van der Waals surface area (Å²) in [6, 6.07) is 14.2. The Hall–Kier alpha value is -2.18. The van der Waals surface area contributed by atoms with Crippen molar-refractivity contribution in [1.29, 1.82) is 0 Å². The number of hydrogen-bond donors (Lipinski definition) is 1. The zero-order valence-corrected chi connectivity index (χ0v) is 14.2. The highest BCUT2D eigenvalue weighted by molar-refractivity contribution is 7.89. The molecule has 0 aliphatic carbocycles. The van der Waals surface area contributed by atoms with E-state index in [1.807, 2.05) is 30.3 Å². The summed E-state index contributed by atoms with van der Waals surface area (Å²) in [6.07, 6.45) is 0. The van der Waals surface area contributed by atoms with E-state index in [0.29, 0.717) is 12.1 Å². The minimum Gasteiger partial charge on any atom is -0.337 e. The molecule has 0 heterocycles. The average molecular weight is 332 g/mol. The summed E-state index contributed by atoms with van der Waals surface area (Å²) >= 11 is 0. The molecular formula is C17H20N2O3S. The number of nitrogens with one attached hydrogen (secondary N) is 1. The molecule has 6 heteroatoms. The van der Waals surface area contributed by atoms with Gasteiger partial charge in [-0.25, -0.2) is 13.1 Å². The molecule has 2 aromatic rings. The monoisotopic (exact) mass is 332 g/mol. The summed E-state index contributed by atoms with van der Waals surface area (Å²) < 4.78 is 26.1. The number of carbonyl (C=O) groups is 1. The Balaban J connectivity index is 2.30. The van der Waals surface area contributed by atoms with Crippen LogP contribution in [0.1, 0.15) is 21.5 Å². The third kappa shape index (κ3) is 3.97. The second kappa shape index (κ2) is 6.93. The van der Waals surface area contributed by atoms with Crippen molar-refractivity contribution in [1.82, 2.24) is 9.62 Å². The van der Waals surface area contributed by atoms with Gasteiger partial charge in [0.05, 0.1) is 4.90 Å². The molecule has 0 aromatic heterocycles. The van der Waals surface area contributed by atoms with E-state index in [2.05, 4.69) is 4.72 Å². The Morgan fingerprint density at radius 2 is 1.78 bits per heavy atom. The first-order chi connectivity index (χ1) is 10.8. The van der Waals surface area contributed by atoms with E-state index in [-0.39, 0.29) is 10.8 Å². The Bertz CT molecular complexity index is 802. The van der Waals surface area contributed by atoms with Gasteiger partial charge in [-0.1, -0.05) is 36.4 Å². The summed E-state index contributed by atoms with van der Waals surface area (Å²) in [6.45, 7) is 2.25. The molecule has 2 rings (SSSR count). The normalized spacial score (nSPS) is 11.3. The van der Waals surface area contributed by atoms with Crippen molar-refractivity contribution in [2.24, 2.45) is 0 Å². The van der Waals surface area contributed by atoms with E-state index >= 15 is 0 Å². The highest BCUT2D eigenvalue weighted by Gasteiger charge is 2.19. The topological polar surface area (TPSA) is 66.5 Å². The summed E-state index contributed by atoms with van der Waals surface area (Å²) in [5, 5.41) is 0. The summed E-state index contributed by atoms with van der Waals surface area (Å²) in [4.78, 5) is 14.3. The van der Waals surface area contributed by atoms with Gasteiger partial charge in [0.15, 0.2) is 0 Å². The largest absolute Gasteiger partial charge is 0.337 e. The van der Waals surface area contributed by atoms with Gasteiger partial charge in [-0.2, -0.15) is 0 Å². The number of nitrogens with zero attached hydrogens (tertiary/aromatic N) is 1. The molecule has 0 unspecified atom stereocenters. The van der Waals surface area contributed by atoms with Crippen LogP contribution in [0.15, 0.2) is 53.4 Å². The van der Waals surface area contributed by atoms with Crippen molar-refractivity contribution >= 4 is 15.9 Å². The molecule has 5 nitrogen and oxygen atoms in total. The predicted octanol–water partition coefficient (Wildman–Crippen LogP) is 2.18. The molecule has 0 atom stereocenters. The lowest BCUT2D eigenvalue weighted by atomic mass is 10.1. The zero-order valence-electron chi connectivity index (χ0n) is 13.4. The number of benzene rings is 2. The van der Waals surface area contributed by atoms with Crippen LogP contribution >= 0.6 is 0 Å². The van der Waals surface area contributed by atoms with Gasteiger partial charge in [-0.15, -0.1) is 0 Å². The number of carbonyl (C=O) groups excluding carboxylic acids is 1. The molecule has 0 aliphatic rings. The van der Waals surface area contributed by atoms with Gasteiger partial charge in [0.2, 0.25) is 10.0 Å². The first-order valence-electron chi connectivity index (χ1n) is 7.19. The smallest absolute Gasteiger partial charge is 0.254 e. The molecule has 0 saturated carbocycles. The molecule has 0 aliphatic heterocycles. The van der Waals surface area contributed by atoms with Crippen LogP contribution in [0.5, 0.6) is 0 Å². The average Bonchev–Trinajstić information content (AvgIpc) is 2.55. The fourth-order valence-electron chi connectivity index (χ4n) is 2.25. The van der Waals surface area contributed by atoms with Crippen molar-refractivity contribution in [2.45, 2.75) is 18.4 Å². The Kier molecular flexibility index (Phi) is 5.18. The Labute approximate surface area is 137 Å². The van der Waals surface area contributed by atoms with Crippen LogP contribution in [0.3, 0.4) is 0 Å². The lowest BCUT2D eigenvalue weighted by molar-refractivity contribution is 0.0784. The molecule has 0 saturated heterocycles. The lowest BCUT2D eigenvalue weighted by Crippen LogP contribution is -2.27. The molecule has 122 valence electrons. The lowest BCUT2D eigenvalue weighted by Gasteiger charge is -2.19. The number of aryl methyl sites for hydroxylation is 1. The van der Waals surface area contributed by atoms with Gasteiger partial charge in [0.1, 0.15) is 0 Å². The molecule has 0 bridgehead atoms. The van der Waals surface area contributed by atoms with Gasteiger partial charge in [-0.3, -0.25) is 4.79 Å². The van der Waals surface area contributed by atoms with E-state index in [0.717, 1.165) is 11.1 Å². The van der Waals surface area contributed by atoms with Crippen LogP contribution in [0, 0.1) is 6.92 Å². The first-order valence-corrected chi connectivity index (χ1v) is 8.67. The fraction of sp³-hybridized carbons (Fsp3) is 0.235. The van der Waals surface area contributed by atoms with Crippen molar-refractivity contribution in [3.63, 3.8) is 0 Å². The number of hydrogen-bond acceptors (Lipinski definition) is 3.